The topological polar surface area (TPSA) is 54.3 Å². The van der Waals surface area contributed by atoms with Gasteiger partial charge >= 0.3 is 0 Å². The summed E-state index contributed by atoms with van der Waals surface area (Å²) in [5, 5.41) is 2.35. The number of anilines is 1. The molecule has 4 rings (SSSR count). The van der Waals surface area contributed by atoms with Gasteiger partial charge < -0.3 is 4.57 Å². The maximum atomic E-state index is 14.4. The molecule has 3 aromatic rings. The van der Waals surface area contributed by atoms with Crippen molar-refractivity contribution in [2.24, 2.45) is 0 Å². The smallest absolute Gasteiger partial charge is 0.270 e. The maximum absolute atomic E-state index is 14.4. The Labute approximate surface area is 204 Å². The lowest BCUT2D eigenvalue weighted by molar-refractivity contribution is -0.122. The van der Waals surface area contributed by atoms with Gasteiger partial charge in [0, 0.05) is 20.6 Å². The van der Waals surface area contributed by atoms with Gasteiger partial charge in [-0.25, -0.2) is 9.29 Å². The van der Waals surface area contributed by atoms with E-state index < -0.39 is 17.6 Å². The molecule has 2 amide bonds. The highest BCUT2D eigenvalue weighted by atomic mass is 127. The van der Waals surface area contributed by atoms with Crippen LogP contribution in [0.25, 0.3) is 11.8 Å². The van der Waals surface area contributed by atoms with Gasteiger partial charge in [-0.3, -0.25) is 14.9 Å². The van der Waals surface area contributed by atoms with Crippen molar-refractivity contribution >= 4 is 63.5 Å². The Morgan fingerprint density at radius 1 is 1.06 bits per heavy atom. The average Bonchev–Trinajstić information content (AvgIpc) is 3.01. The van der Waals surface area contributed by atoms with E-state index in [1.807, 2.05) is 39.0 Å². The van der Waals surface area contributed by atoms with Crippen molar-refractivity contribution in [1.29, 1.82) is 0 Å². The van der Waals surface area contributed by atoms with Crippen molar-refractivity contribution in [3.8, 4) is 5.69 Å². The molecule has 2 heterocycles. The van der Waals surface area contributed by atoms with Crippen molar-refractivity contribution in [1.82, 2.24) is 9.88 Å². The summed E-state index contributed by atoms with van der Waals surface area (Å²) in [4.78, 5) is 26.8. The van der Waals surface area contributed by atoms with E-state index in [9.17, 15) is 14.0 Å². The number of nitrogens with one attached hydrogen (secondary N) is 1. The molecule has 0 aliphatic carbocycles. The van der Waals surface area contributed by atoms with Crippen LogP contribution in [0.15, 0.2) is 54.1 Å². The maximum Gasteiger partial charge on any atom is 0.270 e. The Hall–Kier alpha value is -2.85. The molecule has 1 N–H and O–H groups in total. The molecule has 0 spiro atoms. The first-order valence-corrected chi connectivity index (χ1v) is 11.3. The number of rotatable bonds is 3. The number of thiocarbonyl (C=S) groups is 1. The van der Waals surface area contributed by atoms with Gasteiger partial charge in [0.15, 0.2) is 5.11 Å². The van der Waals surface area contributed by atoms with Crippen molar-refractivity contribution < 1.29 is 14.0 Å². The number of amides is 2. The first-order valence-electron chi connectivity index (χ1n) is 9.80. The molecular formula is C24H19FIN3O2S. The molecular weight excluding hydrogens is 540 g/mol. The zero-order valence-corrected chi connectivity index (χ0v) is 20.5. The summed E-state index contributed by atoms with van der Waals surface area (Å²) >= 11 is 7.44. The summed E-state index contributed by atoms with van der Waals surface area (Å²) < 4.78 is 17.6. The number of aryl methyl sites for hydroxylation is 2. The van der Waals surface area contributed by atoms with Gasteiger partial charge in [-0.15, -0.1) is 0 Å². The highest BCUT2D eigenvalue weighted by Crippen LogP contribution is 2.28. The summed E-state index contributed by atoms with van der Waals surface area (Å²) in [7, 11) is 0. The van der Waals surface area contributed by atoms with Crippen LogP contribution < -0.4 is 10.2 Å². The molecule has 5 nitrogen and oxygen atoms in total. The van der Waals surface area contributed by atoms with E-state index in [1.54, 1.807) is 6.07 Å². The van der Waals surface area contributed by atoms with E-state index >= 15 is 0 Å². The highest BCUT2D eigenvalue weighted by Gasteiger charge is 2.35. The third-order valence-electron chi connectivity index (χ3n) is 5.36. The zero-order chi connectivity index (χ0) is 23.2. The number of benzene rings is 2. The predicted molar refractivity (Wildman–Crippen MR) is 135 cm³/mol. The van der Waals surface area contributed by atoms with E-state index in [2.05, 4.69) is 38.5 Å². The van der Waals surface area contributed by atoms with Crippen LogP contribution in [0.5, 0.6) is 0 Å². The average molecular weight is 559 g/mol. The number of hydrogen-bond donors (Lipinski definition) is 1. The Balaban J connectivity index is 1.78. The quantitative estimate of drug-likeness (QED) is 0.213. The minimum absolute atomic E-state index is 0.00626. The number of para-hydroxylation sites is 1. The van der Waals surface area contributed by atoms with E-state index in [-0.39, 0.29) is 16.4 Å². The van der Waals surface area contributed by atoms with Crippen molar-refractivity contribution in [3.05, 3.63) is 86.0 Å². The summed E-state index contributed by atoms with van der Waals surface area (Å²) in [6.45, 7) is 5.94. The van der Waals surface area contributed by atoms with Gasteiger partial charge in [-0.2, -0.15) is 0 Å². The van der Waals surface area contributed by atoms with Gasteiger partial charge in [0.05, 0.1) is 5.69 Å². The highest BCUT2D eigenvalue weighted by molar-refractivity contribution is 14.1. The van der Waals surface area contributed by atoms with Crippen molar-refractivity contribution in [2.45, 2.75) is 20.8 Å². The molecule has 32 heavy (non-hydrogen) atoms. The van der Waals surface area contributed by atoms with E-state index in [0.29, 0.717) is 0 Å². The van der Waals surface area contributed by atoms with Crippen molar-refractivity contribution in [3.63, 3.8) is 0 Å². The fourth-order valence-electron chi connectivity index (χ4n) is 3.76. The third-order valence-corrected chi connectivity index (χ3v) is 6.86. The Morgan fingerprint density at radius 3 is 2.47 bits per heavy atom. The fraction of sp³-hybridized carbons (Fsp3) is 0.125. The lowest BCUT2D eigenvalue weighted by Gasteiger charge is -2.29. The largest absolute Gasteiger partial charge is 0.318 e. The standard InChI is InChI=1S/C24H19FIN3O2S/c1-13-10-17(8-9-20(13)26)28-14(2)11-16(15(28)3)12-18-22(30)27-24(32)29(23(18)31)21-7-5-4-6-19(21)25/h4-12H,1-3H3,(H,27,30,32)/b18-12+. The Morgan fingerprint density at radius 2 is 1.78 bits per heavy atom. The van der Waals surface area contributed by atoms with Gasteiger partial charge in [-0.1, -0.05) is 12.1 Å². The van der Waals surface area contributed by atoms with Crippen molar-refractivity contribution in [2.75, 3.05) is 4.90 Å². The van der Waals surface area contributed by atoms with Crippen LogP contribution >= 0.6 is 34.8 Å². The third kappa shape index (κ3) is 3.88. The molecule has 162 valence electrons. The monoisotopic (exact) mass is 559 g/mol. The zero-order valence-electron chi connectivity index (χ0n) is 17.6. The van der Waals surface area contributed by atoms with Crippen LogP contribution in [-0.2, 0) is 9.59 Å². The van der Waals surface area contributed by atoms with Gasteiger partial charge in [0.25, 0.3) is 11.8 Å². The van der Waals surface area contributed by atoms with Crippen LogP contribution in [0, 0.1) is 30.2 Å². The molecule has 1 aromatic heterocycles. The second kappa shape index (κ2) is 8.59. The lowest BCUT2D eigenvalue weighted by Crippen LogP contribution is -2.54. The molecule has 1 fully saturated rings. The predicted octanol–water partition coefficient (Wildman–Crippen LogP) is 4.98. The van der Waals surface area contributed by atoms with Gasteiger partial charge in [0.1, 0.15) is 11.4 Å². The number of nitrogens with zero attached hydrogens (tertiary/aromatic N) is 2. The molecule has 0 saturated carbocycles. The lowest BCUT2D eigenvalue weighted by atomic mass is 10.1. The number of halogens is 2. The SMILES string of the molecule is Cc1cc(-n2c(C)cc(/C=C3\C(=O)NC(=S)N(c4ccccc4F)C3=O)c2C)ccc1I. The van der Waals surface area contributed by atoms with Gasteiger partial charge in [-0.05, 0) is 109 Å². The van der Waals surface area contributed by atoms with Gasteiger partial charge in [0.2, 0.25) is 0 Å². The number of hydrogen-bond acceptors (Lipinski definition) is 3. The molecule has 1 saturated heterocycles. The molecule has 8 heteroatoms. The molecule has 0 radical (unpaired) electrons. The minimum atomic E-state index is -0.668. The summed E-state index contributed by atoms with van der Waals surface area (Å²) in [6, 6.07) is 13.9. The number of aromatic nitrogens is 1. The first-order chi connectivity index (χ1) is 15.2. The summed E-state index contributed by atoms with van der Waals surface area (Å²) in [5.41, 5.74) is 4.59. The molecule has 2 aromatic carbocycles. The van der Waals surface area contributed by atoms with E-state index in [0.717, 1.165) is 33.1 Å². The molecule has 1 aliphatic rings. The number of carbonyl (C=O) groups is 2. The molecule has 0 bridgehead atoms. The Kier molecular flexibility index (Phi) is 6.00. The Bertz CT molecular complexity index is 1330. The van der Waals surface area contributed by atoms with Crippen LogP contribution in [0.3, 0.4) is 0 Å². The van der Waals surface area contributed by atoms with Crippen LogP contribution in [-0.4, -0.2) is 21.5 Å². The second-order valence-electron chi connectivity index (χ2n) is 7.50. The van der Waals surface area contributed by atoms with E-state index in [1.165, 1.54) is 27.8 Å². The normalized spacial score (nSPS) is 15.5. The second-order valence-corrected chi connectivity index (χ2v) is 9.05. The van der Waals surface area contributed by atoms with Crippen LogP contribution in [0.1, 0.15) is 22.5 Å². The molecule has 0 unspecified atom stereocenters. The molecule has 1 aliphatic heterocycles. The summed E-state index contributed by atoms with van der Waals surface area (Å²) in [5.74, 6) is -1.88. The fourth-order valence-corrected chi connectivity index (χ4v) is 4.37. The number of carbonyl (C=O) groups excluding carboxylic acids is 2. The first kappa shape index (κ1) is 22.3. The molecule has 0 atom stereocenters. The van der Waals surface area contributed by atoms with E-state index in [4.69, 9.17) is 12.2 Å². The summed E-state index contributed by atoms with van der Waals surface area (Å²) in [6.07, 6.45) is 1.53. The minimum Gasteiger partial charge on any atom is -0.318 e. The van der Waals surface area contributed by atoms with Crippen LogP contribution in [0.2, 0.25) is 0 Å². The van der Waals surface area contributed by atoms with Crippen LogP contribution in [0.4, 0.5) is 10.1 Å².